The molecule has 0 radical (unpaired) electrons. The molecule has 0 aliphatic carbocycles. The number of piperazine rings is 1. The third-order valence-electron chi connectivity index (χ3n) is 5.20. The molecule has 0 bridgehead atoms. The maximum Gasteiger partial charge on any atom is 0.253 e. The molecule has 3 aromatic rings. The number of pyridine rings is 1. The van der Waals surface area contributed by atoms with Gasteiger partial charge < -0.3 is 9.64 Å². The van der Waals surface area contributed by atoms with Crippen molar-refractivity contribution in [2.75, 3.05) is 32.8 Å². The number of aromatic nitrogens is 1. The van der Waals surface area contributed by atoms with Gasteiger partial charge in [-0.05, 0) is 55.0 Å². The molecule has 0 saturated carbocycles. The lowest BCUT2D eigenvalue weighted by Crippen LogP contribution is -2.48. The highest BCUT2D eigenvalue weighted by Gasteiger charge is 2.22. The van der Waals surface area contributed by atoms with Crippen molar-refractivity contribution in [1.82, 2.24) is 14.8 Å². The van der Waals surface area contributed by atoms with Crippen molar-refractivity contribution in [1.29, 1.82) is 0 Å². The Morgan fingerprint density at radius 1 is 1.03 bits per heavy atom. The maximum atomic E-state index is 12.9. The van der Waals surface area contributed by atoms with Gasteiger partial charge in [0.2, 0.25) is 0 Å². The van der Waals surface area contributed by atoms with Crippen LogP contribution >= 0.6 is 11.6 Å². The molecule has 0 unspecified atom stereocenters. The number of benzene rings is 2. The fourth-order valence-corrected chi connectivity index (χ4v) is 3.80. The van der Waals surface area contributed by atoms with E-state index in [2.05, 4.69) is 22.0 Å². The molecule has 5 nitrogen and oxygen atoms in total. The smallest absolute Gasteiger partial charge is 0.253 e. The lowest BCUT2D eigenvalue weighted by Gasteiger charge is -2.34. The van der Waals surface area contributed by atoms with Crippen LogP contribution in [0.5, 0.6) is 5.75 Å². The van der Waals surface area contributed by atoms with Gasteiger partial charge in [-0.1, -0.05) is 23.7 Å². The van der Waals surface area contributed by atoms with Crippen molar-refractivity contribution in [3.05, 3.63) is 70.9 Å². The van der Waals surface area contributed by atoms with Crippen molar-refractivity contribution in [3.8, 4) is 5.75 Å². The number of hydrogen-bond donors (Lipinski definition) is 0. The molecule has 29 heavy (non-hydrogen) atoms. The highest BCUT2D eigenvalue weighted by atomic mass is 35.5. The van der Waals surface area contributed by atoms with Gasteiger partial charge in [0, 0.05) is 43.7 Å². The molecule has 0 N–H and O–H groups in total. The van der Waals surface area contributed by atoms with Crippen LogP contribution in [0.3, 0.4) is 0 Å². The van der Waals surface area contributed by atoms with Crippen LogP contribution in [0.25, 0.3) is 10.9 Å². The van der Waals surface area contributed by atoms with Crippen molar-refractivity contribution in [3.63, 3.8) is 0 Å². The van der Waals surface area contributed by atoms with Gasteiger partial charge in [-0.2, -0.15) is 0 Å². The van der Waals surface area contributed by atoms with Gasteiger partial charge in [0.1, 0.15) is 10.9 Å². The second-order valence-corrected chi connectivity index (χ2v) is 7.57. The standard InChI is InChI=1S/C23H24ClN3O2/c1-2-29-20-7-3-17(4-8-20)16-26-11-13-27(14-12-26)23(28)19-5-9-21-18(15-19)6-10-22(24)25-21/h3-10,15H,2,11-14,16H2,1H3. The summed E-state index contributed by atoms with van der Waals surface area (Å²) in [7, 11) is 0. The number of carbonyl (C=O) groups is 1. The first-order chi connectivity index (χ1) is 14.1. The Morgan fingerprint density at radius 2 is 1.79 bits per heavy atom. The minimum Gasteiger partial charge on any atom is -0.494 e. The molecular weight excluding hydrogens is 386 g/mol. The highest BCUT2D eigenvalue weighted by molar-refractivity contribution is 6.29. The average molecular weight is 410 g/mol. The summed E-state index contributed by atoms with van der Waals surface area (Å²) in [4.78, 5) is 21.5. The Kier molecular flexibility index (Phi) is 5.97. The third-order valence-corrected chi connectivity index (χ3v) is 5.41. The second kappa shape index (κ2) is 8.80. The van der Waals surface area contributed by atoms with Crippen LogP contribution in [0, 0.1) is 0 Å². The lowest BCUT2D eigenvalue weighted by molar-refractivity contribution is 0.0628. The molecule has 0 spiro atoms. The molecule has 1 amide bonds. The Balaban J connectivity index is 1.35. The summed E-state index contributed by atoms with van der Waals surface area (Å²) in [5, 5.41) is 1.38. The molecule has 1 aliphatic rings. The van der Waals surface area contributed by atoms with Gasteiger partial charge in [0.15, 0.2) is 0 Å². The third kappa shape index (κ3) is 4.69. The number of halogens is 1. The van der Waals surface area contributed by atoms with Crippen molar-refractivity contribution in [2.24, 2.45) is 0 Å². The summed E-state index contributed by atoms with van der Waals surface area (Å²) >= 11 is 5.94. The van der Waals surface area contributed by atoms with Gasteiger partial charge in [0.25, 0.3) is 5.91 Å². The fraction of sp³-hybridized carbons (Fsp3) is 0.304. The number of amides is 1. The first-order valence-electron chi connectivity index (χ1n) is 9.92. The monoisotopic (exact) mass is 409 g/mol. The van der Waals surface area contributed by atoms with Crippen molar-refractivity contribution < 1.29 is 9.53 Å². The lowest BCUT2D eigenvalue weighted by atomic mass is 10.1. The molecule has 6 heteroatoms. The first-order valence-corrected chi connectivity index (χ1v) is 10.3. The average Bonchev–Trinajstić information content (AvgIpc) is 2.75. The van der Waals surface area contributed by atoms with Crippen LogP contribution in [-0.4, -0.2) is 53.5 Å². The number of ether oxygens (including phenoxy) is 1. The summed E-state index contributed by atoms with van der Waals surface area (Å²) in [5.74, 6) is 0.974. The number of hydrogen-bond acceptors (Lipinski definition) is 4. The summed E-state index contributed by atoms with van der Waals surface area (Å²) in [5.41, 5.74) is 2.75. The highest BCUT2D eigenvalue weighted by Crippen LogP contribution is 2.19. The van der Waals surface area contributed by atoms with Gasteiger partial charge >= 0.3 is 0 Å². The summed E-state index contributed by atoms with van der Waals surface area (Å²) in [6.07, 6.45) is 0. The fourth-order valence-electron chi connectivity index (χ4n) is 3.64. The Morgan fingerprint density at radius 3 is 2.52 bits per heavy atom. The van der Waals surface area contributed by atoms with Gasteiger partial charge in [-0.25, -0.2) is 4.98 Å². The van der Waals surface area contributed by atoms with E-state index in [1.54, 1.807) is 6.07 Å². The molecule has 0 atom stereocenters. The van der Waals surface area contributed by atoms with Gasteiger partial charge in [-0.15, -0.1) is 0 Å². The summed E-state index contributed by atoms with van der Waals surface area (Å²) in [6, 6.07) is 17.5. The molecule has 150 valence electrons. The zero-order valence-electron chi connectivity index (χ0n) is 16.5. The van der Waals surface area contributed by atoms with Crippen LogP contribution in [0.1, 0.15) is 22.8 Å². The quantitative estimate of drug-likeness (QED) is 0.591. The predicted molar refractivity (Wildman–Crippen MR) is 116 cm³/mol. The van der Waals surface area contributed by atoms with E-state index >= 15 is 0 Å². The number of nitrogens with zero attached hydrogens (tertiary/aromatic N) is 3. The molecule has 1 aliphatic heterocycles. The number of carbonyl (C=O) groups excluding carboxylic acids is 1. The van der Waals surface area contributed by atoms with Crippen LogP contribution in [0.4, 0.5) is 0 Å². The van der Waals surface area contributed by atoms with Gasteiger partial charge in [0.05, 0.1) is 12.1 Å². The van der Waals surface area contributed by atoms with Crippen molar-refractivity contribution in [2.45, 2.75) is 13.5 Å². The number of fused-ring (bicyclic) bond motifs is 1. The molecule has 1 fully saturated rings. The van der Waals surface area contributed by atoms with E-state index in [9.17, 15) is 4.79 Å². The molecule has 1 saturated heterocycles. The zero-order chi connectivity index (χ0) is 20.2. The Bertz CT molecular complexity index is 999. The van der Waals surface area contributed by atoms with Crippen LogP contribution in [-0.2, 0) is 6.54 Å². The Hall–Kier alpha value is -2.63. The van der Waals surface area contributed by atoms with E-state index in [0.29, 0.717) is 17.3 Å². The van der Waals surface area contributed by atoms with E-state index < -0.39 is 0 Å². The van der Waals surface area contributed by atoms with E-state index in [4.69, 9.17) is 16.3 Å². The SMILES string of the molecule is CCOc1ccc(CN2CCN(C(=O)c3ccc4nc(Cl)ccc4c3)CC2)cc1. The van der Waals surface area contributed by atoms with E-state index in [0.717, 1.165) is 49.4 Å². The molecule has 2 heterocycles. The first kappa shape index (κ1) is 19.7. The minimum atomic E-state index is 0.0718. The summed E-state index contributed by atoms with van der Waals surface area (Å²) < 4.78 is 5.50. The van der Waals surface area contributed by atoms with Crippen LogP contribution in [0.15, 0.2) is 54.6 Å². The molecular formula is C23H24ClN3O2. The van der Waals surface area contributed by atoms with Crippen LogP contribution < -0.4 is 4.74 Å². The topological polar surface area (TPSA) is 45.7 Å². The normalized spacial score (nSPS) is 14.9. The predicted octanol–water partition coefficient (Wildman–Crippen LogP) is 4.24. The van der Waals surface area contributed by atoms with E-state index in [1.165, 1.54) is 5.56 Å². The summed E-state index contributed by atoms with van der Waals surface area (Å²) in [6.45, 7) is 6.74. The zero-order valence-corrected chi connectivity index (χ0v) is 17.2. The van der Waals surface area contributed by atoms with Crippen molar-refractivity contribution >= 4 is 28.4 Å². The maximum absolute atomic E-state index is 12.9. The minimum absolute atomic E-state index is 0.0718. The largest absolute Gasteiger partial charge is 0.494 e. The second-order valence-electron chi connectivity index (χ2n) is 7.19. The Labute approximate surface area is 175 Å². The van der Waals surface area contributed by atoms with E-state index in [1.807, 2.05) is 48.2 Å². The van der Waals surface area contributed by atoms with Crippen LogP contribution in [0.2, 0.25) is 5.15 Å². The number of rotatable bonds is 5. The van der Waals surface area contributed by atoms with E-state index in [-0.39, 0.29) is 5.91 Å². The molecule has 4 rings (SSSR count). The molecule has 1 aromatic heterocycles. The van der Waals surface area contributed by atoms with Gasteiger partial charge in [-0.3, -0.25) is 9.69 Å². The molecule has 2 aromatic carbocycles.